The van der Waals surface area contributed by atoms with Gasteiger partial charge in [0.2, 0.25) is 0 Å². The maximum absolute atomic E-state index is 11.8. The Hall–Kier alpha value is -1.51. The summed E-state index contributed by atoms with van der Waals surface area (Å²) < 4.78 is 5.24. The lowest BCUT2D eigenvalue weighted by molar-refractivity contribution is -0.144. The van der Waals surface area contributed by atoms with Crippen molar-refractivity contribution in [3.63, 3.8) is 0 Å². The van der Waals surface area contributed by atoms with Crippen molar-refractivity contribution in [2.75, 3.05) is 0 Å². The standard InChI is InChI=1S/C13H18O3/c1-4-9-13(2,3)12(15)16-11-7-5-10(14)6-8-11/h5-8,14H,4,9H2,1-3H3. The quantitative estimate of drug-likeness (QED) is 0.629. The fourth-order valence-electron chi connectivity index (χ4n) is 1.49. The molecule has 1 aromatic carbocycles. The fourth-order valence-corrected chi connectivity index (χ4v) is 1.49. The predicted molar refractivity (Wildman–Crippen MR) is 62.4 cm³/mol. The van der Waals surface area contributed by atoms with E-state index in [-0.39, 0.29) is 11.7 Å². The molecule has 1 aromatic rings. The monoisotopic (exact) mass is 222 g/mol. The SMILES string of the molecule is CCCC(C)(C)C(=O)Oc1ccc(O)cc1. The van der Waals surface area contributed by atoms with Gasteiger partial charge in [0.05, 0.1) is 5.41 Å². The van der Waals surface area contributed by atoms with E-state index in [1.165, 1.54) is 12.1 Å². The first kappa shape index (κ1) is 12.6. The first-order valence-electron chi connectivity index (χ1n) is 5.47. The van der Waals surface area contributed by atoms with E-state index in [2.05, 4.69) is 0 Å². The minimum Gasteiger partial charge on any atom is -0.508 e. The molecule has 3 nitrogen and oxygen atoms in total. The number of esters is 1. The summed E-state index contributed by atoms with van der Waals surface area (Å²) in [6.07, 6.45) is 1.74. The van der Waals surface area contributed by atoms with E-state index in [1.807, 2.05) is 20.8 Å². The maximum Gasteiger partial charge on any atom is 0.316 e. The molecule has 0 aliphatic heterocycles. The highest BCUT2D eigenvalue weighted by Crippen LogP contribution is 2.26. The molecule has 16 heavy (non-hydrogen) atoms. The largest absolute Gasteiger partial charge is 0.508 e. The van der Waals surface area contributed by atoms with Crippen molar-refractivity contribution >= 4 is 5.97 Å². The van der Waals surface area contributed by atoms with Gasteiger partial charge in [-0.1, -0.05) is 13.3 Å². The Morgan fingerprint density at radius 3 is 2.38 bits per heavy atom. The molecule has 0 radical (unpaired) electrons. The number of aromatic hydroxyl groups is 1. The number of hydrogen-bond acceptors (Lipinski definition) is 3. The summed E-state index contributed by atoms with van der Waals surface area (Å²) >= 11 is 0. The molecule has 3 heteroatoms. The van der Waals surface area contributed by atoms with Crippen LogP contribution in [0.1, 0.15) is 33.6 Å². The molecule has 0 aliphatic rings. The van der Waals surface area contributed by atoms with Gasteiger partial charge in [-0.25, -0.2) is 0 Å². The molecule has 88 valence electrons. The lowest BCUT2D eigenvalue weighted by Gasteiger charge is -2.21. The lowest BCUT2D eigenvalue weighted by Crippen LogP contribution is -2.28. The van der Waals surface area contributed by atoms with E-state index < -0.39 is 5.41 Å². The van der Waals surface area contributed by atoms with Crippen LogP contribution in [0.15, 0.2) is 24.3 Å². The van der Waals surface area contributed by atoms with Crippen LogP contribution in [0, 0.1) is 5.41 Å². The Morgan fingerprint density at radius 1 is 1.31 bits per heavy atom. The minimum absolute atomic E-state index is 0.160. The van der Waals surface area contributed by atoms with Gasteiger partial charge in [-0.2, -0.15) is 0 Å². The molecule has 0 aromatic heterocycles. The third-order valence-corrected chi connectivity index (χ3v) is 2.47. The molecule has 0 fully saturated rings. The summed E-state index contributed by atoms with van der Waals surface area (Å²) in [6, 6.07) is 6.15. The number of hydrogen-bond donors (Lipinski definition) is 1. The zero-order chi connectivity index (χ0) is 12.2. The van der Waals surface area contributed by atoms with Crippen molar-refractivity contribution in [1.29, 1.82) is 0 Å². The Bertz CT molecular complexity index is 352. The van der Waals surface area contributed by atoms with Crippen LogP contribution < -0.4 is 4.74 Å². The second kappa shape index (κ2) is 5.01. The third-order valence-electron chi connectivity index (χ3n) is 2.47. The van der Waals surface area contributed by atoms with Gasteiger partial charge in [0.15, 0.2) is 0 Å². The first-order valence-corrected chi connectivity index (χ1v) is 5.47. The van der Waals surface area contributed by atoms with Crippen molar-refractivity contribution in [3.05, 3.63) is 24.3 Å². The molecular weight excluding hydrogens is 204 g/mol. The van der Waals surface area contributed by atoms with Crippen molar-refractivity contribution in [3.8, 4) is 11.5 Å². The van der Waals surface area contributed by atoms with E-state index in [1.54, 1.807) is 12.1 Å². The van der Waals surface area contributed by atoms with Gasteiger partial charge in [0.25, 0.3) is 0 Å². The van der Waals surface area contributed by atoms with Gasteiger partial charge >= 0.3 is 5.97 Å². The molecule has 0 saturated carbocycles. The van der Waals surface area contributed by atoms with E-state index in [4.69, 9.17) is 9.84 Å². The van der Waals surface area contributed by atoms with Gasteiger partial charge in [-0.3, -0.25) is 4.79 Å². The normalized spacial score (nSPS) is 11.2. The Balaban J connectivity index is 2.67. The fraction of sp³-hybridized carbons (Fsp3) is 0.462. The maximum atomic E-state index is 11.8. The molecule has 0 saturated heterocycles. The summed E-state index contributed by atoms with van der Waals surface area (Å²) in [4.78, 5) is 11.8. The molecule has 0 spiro atoms. The van der Waals surface area contributed by atoms with Gasteiger partial charge in [0.1, 0.15) is 11.5 Å². The van der Waals surface area contributed by atoms with Gasteiger partial charge in [-0.15, -0.1) is 0 Å². The highest BCUT2D eigenvalue weighted by molar-refractivity contribution is 5.78. The van der Waals surface area contributed by atoms with Crippen LogP contribution >= 0.6 is 0 Å². The highest BCUT2D eigenvalue weighted by atomic mass is 16.5. The first-order chi connectivity index (χ1) is 7.45. The Kier molecular flexibility index (Phi) is 3.93. The molecule has 0 aliphatic carbocycles. The van der Waals surface area contributed by atoms with Crippen molar-refractivity contribution in [2.24, 2.45) is 5.41 Å². The van der Waals surface area contributed by atoms with Crippen LogP contribution in [0.25, 0.3) is 0 Å². The second-order valence-electron chi connectivity index (χ2n) is 4.52. The lowest BCUT2D eigenvalue weighted by atomic mass is 9.88. The number of carbonyl (C=O) groups excluding carboxylic acids is 1. The number of phenolic OH excluding ortho intramolecular Hbond substituents is 1. The average molecular weight is 222 g/mol. The van der Waals surface area contributed by atoms with E-state index in [0.29, 0.717) is 5.75 Å². The van der Waals surface area contributed by atoms with E-state index >= 15 is 0 Å². The Labute approximate surface area is 96.1 Å². The summed E-state index contributed by atoms with van der Waals surface area (Å²) in [5, 5.41) is 9.09. The molecule has 0 amide bonds. The second-order valence-corrected chi connectivity index (χ2v) is 4.52. The number of ether oxygens (including phenoxy) is 1. The van der Waals surface area contributed by atoms with Crippen LogP contribution in [0.5, 0.6) is 11.5 Å². The summed E-state index contributed by atoms with van der Waals surface area (Å²) in [5.41, 5.74) is -0.466. The van der Waals surface area contributed by atoms with E-state index in [0.717, 1.165) is 12.8 Å². The van der Waals surface area contributed by atoms with Crippen LogP contribution in [-0.4, -0.2) is 11.1 Å². The summed E-state index contributed by atoms with van der Waals surface area (Å²) in [7, 11) is 0. The molecule has 0 bridgehead atoms. The van der Waals surface area contributed by atoms with Gasteiger partial charge < -0.3 is 9.84 Å². The van der Waals surface area contributed by atoms with E-state index in [9.17, 15) is 4.79 Å². The van der Waals surface area contributed by atoms with Gasteiger partial charge in [-0.05, 0) is 44.5 Å². The number of rotatable bonds is 4. The van der Waals surface area contributed by atoms with Crippen LogP contribution in [0.2, 0.25) is 0 Å². The van der Waals surface area contributed by atoms with Crippen molar-refractivity contribution in [2.45, 2.75) is 33.6 Å². The molecule has 0 unspecified atom stereocenters. The number of carbonyl (C=O) groups is 1. The van der Waals surface area contributed by atoms with Gasteiger partial charge in [0, 0.05) is 0 Å². The van der Waals surface area contributed by atoms with Crippen LogP contribution in [0.3, 0.4) is 0 Å². The number of benzene rings is 1. The topological polar surface area (TPSA) is 46.5 Å². The molecule has 0 heterocycles. The Morgan fingerprint density at radius 2 is 1.88 bits per heavy atom. The molecule has 1 rings (SSSR count). The molecule has 0 atom stereocenters. The van der Waals surface area contributed by atoms with Crippen molar-refractivity contribution < 1.29 is 14.6 Å². The van der Waals surface area contributed by atoms with Crippen LogP contribution in [0.4, 0.5) is 0 Å². The molecule has 1 N–H and O–H groups in total. The average Bonchev–Trinajstić information content (AvgIpc) is 2.21. The molecular formula is C13H18O3. The minimum atomic E-state index is -0.466. The highest BCUT2D eigenvalue weighted by Gasteiger charge is 2.28. The smallest absolute Gasteiger partial charge is 0.316 e. The van der Waals surface area contributed by atoms with Crippen molar-refractivity contribution in [1.82, 2.24) is 0 Å². The zero-order valence-electron chi connectivity index (χ0n) is 9.99. The zero-order valence-corrected chi connectivity index (χ0v) is 9.99. The third kappa shape index (κ3) is 3.26. The predicted octanol–water partition coefficient (Wildman–Crippen LogP) is 3.12. The summed E-state index contributed by atoms with van der Waals surface area (Å²) in [6.45, 7) is 5.79. The number of phenols is 1. The summed E-state index contributed by atoms with van der Waals surface area (Å²) in [5.74, 6) is 0.389. The van der Waals surface area contributed by atoms with Crippen LogP contribution in [-0.2, 0) is 4.79 Å².